The third-order valence-electron chi connectivity index (χ3n) is 3.48. The molecule has 0 radical (unpaired) electrons. The van der Waals surface area contributed by atoms with Gasteiger partial charge in [-0.3, -0.25) is 4.99 Å². The molecule has 0 bridgehead atoms. The molecule has 0 aliphatic rings. The second-order valence-corrected chi connectivity index (χ2v) is 7.07. The number of hydrogen-bond donors (Lipinski definition) is 2. The van der Waals surface area contributed by atoms with Crippen molar-refractivity contribution < 1.29 is 5.11 Å². The van der Waals surface area contributed by atoms with E-state index in [2.05, 4.69) is 20.9 Å². The van der Waals surface area contributed by atoms with Gasteiger partial charge in [0.2, 0.25) is 0 Å². The number of aliphatic imine (C=N–C) groups is 1. The SMILES string of the molecule is CCNC(=NCC(O)c1ccc(Cl)s1)N(C)Cc1cccn1C.I. The lowest BCUT2D eigenvalue weighted by Gasteiger charge is -2.22. The van der Waals surface area contributed by atoms with Crippen molar-refractivity contribution in [3.8, 4) is 0 Å². The summed E-state index contributed by atoms with van der Waals surface area (Å²) < 4.78 is 2.76. The Morgan fingerprint density at radius 2 is 2.21 bits per heavy atom. The molecule has 2 heterocycles. The molecule has 2 aromatic rings. The average Bonchev–Trinajstić information content (AvgIpc) is 3.12. The highest BCUT2D eigenvalue weighted by Gasteiger charge is 2.12. The Bertz CT molecular complexity index is 658. The number of nitrogens with one attached hydrogen (secondary N) is 1. The summed E-state index contributed by atoms with van der Waals surface area (Å²) in [6.45, 7) is 3.85. The maximum Gasteiger partial charge on any atom is 0.194 e. The topological polar surface area (TPSA) is 52.8 Å². The third kappa shape index (κ3) is 5.94. The second-order valence-electron chi connectivity index (χ2n) is 5.32. The predicted octanol–water partition coefficient (Wildman–Crippen LogP) is 3.49. The maximum atomic E-state index is 10.2. The van der Waals surface area contributed by atoms with Crippen LogP contribution in [0, 0.1) is 0 Å². The molecule has 0 saturated heterocycles. The van der Waals surface area contributed by atoms with E-state index in [1.165, 1.54) is 17.0 Å². The molecule has 5 nitrogen and oxygen atoms in total. The van der Waals surface area contributed by atoms with E-state index >= 15 is 0 Å². The highest BCUT2D eigenvalue weighted by molar-refractivity contribution is 14.0. The number of aliphatic hydroxyl groups excluding tert-OH is 1. The van der Waals surface area contributed by atoms with Crippen molar-refractivity contribution in [2.45, 2.75) is 19.6 Å². The molecular weight excluding hydrogens is 459 g/mol. The van der Waals surface area contributed by atoms with Crippen LogP contribution < -0.4 is 5.32 Å². The van der Waals surface area contributed by atoms with Gasteiger partial charge in [-0.25, -0.2) is 0 Å². The van der Waals surface area contributed by atoms with Gasteiger partial charge in [-0.1, -0.05) is 11.6 Å². The Morgan fingerprint density at radius 1 is 1.46 bits per heavy atom. The van der Waals surface area contributed by atoms with E-state index in [1.54, 1.807) is 6.07 Å². The molecule has 0 spiro atoms. The molecule has 0 aliphatic carbocycles. The third-order valence-corrected chi connectivity index (χ3v) is 4.82. The minimum atomic E-state index is -0.635. The Labute approximate surface area is 169 Å². The normalized spacial score (nSPS) is 12.6. The molecule has 2 aromatic heterocycles. The molecule has 24 heavy (non-hydrogen) atoms. The molecule has 0 aliphatic heterocycles. The van der Waals surface area contributed by atoms with Gasteiger partial charge in [0.05, 0.1) is 17.4 Å². The lowest BCUT2D eigenvalue weighted by molar-refractivity contribution is 0.190. The van der Waals surface area contributed by atoms with Gasteiger partial charge in [0, 0.05) is 37.4 Å². The van der Waals surface area contributed by atoms with Gasteiger partial charge in [0.15, 0.2) is 5.96 Å². The monoisotopic (exact) mass is 482 g/mol. The zero-order chi connectivity index (χ0) is 16.8. The fourth-order valence-corrected chi connectivity index (χ4v) is 3.26. The predicted molar refractivity (Wildman–Crippen MR) is 113 cm³/mol. The van der Waals surface area contributed by atoms with E-state index in [4.69, 9.17) is 11.6 Å². The van der Waals surface area contributed by atoms with E-state index in [0.29, 0.717) is 10.9 Å². The van der Waals surface area contributed by atoms with Gasteiger partial charge < -0.3 is 19.9 Å². The van der Waals surface area contributed by atoms with Crippen LogP contribution in [0.5, 0.6) is 0 Å². The van der Waals surface area contributed by atoms with E-state index in [9.17, 15) is 5.11 Å². The lowest BCUT2D eigenvalue weighted by atomic mass is 10.3. The molecule has 0 aromatic carbocycles. The first-order valence-corrected chi connectivity index (χ1v) is 8.73. The minimum Gasteiger partial charge on any atom is -0.386 e. The Balaban J connectivity index is 0.00000288. The van der Waals surface area contributed by atoms with Crippen LogP contribution in [0.2, 0.25) is 4.34 Å². The fourth-order valence-electron chi connectivity index (χ4n) is 2.22. The quantitative estimate of drug-likeness (QED) is 0.376. The number of aryl methyl sites for hydroxylation is 1. The van der Waals surface area contributed by atoms with Gasteiger partial charge in [0.1, 0.15) is 6.10 Å². The van der Waals surface area contributed by atoms with Gasteiger partial charge in [0.25, 0.3) is 0 Å². The Hall–Kier alpha value is -0.770. The van der Waals surface area contributed by atoms with Crippen LogP contribution in [0.1, 0.15) is 23.6 Å². The molecule has 0 amide bonds. The zero-order valence-corrected chi connectivity index (χ0v) is 18.0. The summed E-state index contributed by atoms with van der Waals surface area (Å²) in [5.41, 5.74) is 1.20. The fraction of sp³-hybridized carbons (Fsp3) is 0.438. The number of aliphatic hydroxyl groups is 1. The van der Waals surface area contributed by atoms with E-state index in [0.717, 1.165) is 23.9 Å². The summed E-state index contributed by atoms with van der Waals surface area (Å²) in [4.78, 5) is 7.43. The van der Waals surface area contributed by atoms with Crippen molar-refractivity contribution in [3.05, 3.63) is 45.4 Å². The molecule has 0 saturated carbocycles. The molecule has 1 atom stereocenters. The first-order valence-electron chi connectivity index (χ1n) is 7.54. The zero-order valence-electron chi connectivity index (χ0n) is 14.1. The summed E-state index contributed by atoms with van der Waals surface area (Å²) >= 11 is 7.29. The van der Waals surface area contributed by atoms with Crippen LogP contribution in [-0.4, -0.2) is 40.7 Å². The molecule has 8 heteroatoms. The van der Waals surface area contributed by atoms with Crippen molar-refractivity contribution in [1.29, 1.82) is 0 Å². The Kier molecular flexibility index (Phi) is 9.11. The summed E-state index contributed by atoms with van der Waals surface area (Å²) in [5, 5.41) is 13.5. The maximum absolute atomic E-state index is 10.2. The standard InChI is InChI=1S/C16H23ClN4OS.HI/c1-4-18-16(21(3)11-12-6-5-9-20(12)2)19-10-13(22)14-7-8-15(17)23-14;/h5-9,13,22H,4,10-11H2,1-3H3,(H,18,19);1H. The second kappa shape index (κ2) is 10.3. The van der Waals surface area contributed by atoms with Crippen molar-refractivity contribution in [2.75, 3.05) is 20.1 Å². The average molecular weight is 483 g/mol. The van der Waals surface area contributed by atoms with Crippen molar-refractivity contribution >= 4 is 52.9 Å². The Morgan fingerprint density at radius 3 is 2.75 bits per heavy atom. The van der Waals surface area contributed by atoms with Crippen molar-refractivity contribution in [2.24, 2.45) is 12.0 Å². The first kappa shape index (κ1) is 21.3. The van der Waals surface area contributed by atoms with Crippen LogP contribution in [0.15, 0.2) is 35.5 Å². The number of nitrogens with zero attached hydrogens (tertiary/aromatic N) is 3. The van der Waals surface area contributed by atoms with Crippen LogP contribution in [-0.2, 0) is 13.6 Å². The first-order chi connectivity index (χ1) is 11.0. The number of halogens is 2. The van der Waals surface area contributed by atoms with Crippen LogP contribution in [0.3, 0.4) is 0 Å². The van der Waals surface area contributed by atoms with Crippen molar-refractivity contribution in [3.63, 3.8) is 0 Å². The lowest BCUT2D eigenvalue weighted by Crippen LogP contribution is -2.39. The minimum absolute atomic E-state index is 0. The van der Waals surface area contributed by atoms with Gasteiger partial charge >= 0.3 is 0 Å². The van der Waals surface area contributed by atoms with E-state index < -0.39 is 6.10 Å². The molecule has 0 fully saturated rings. The number of aromatic nitrogens is 1. The number of hydrogen-bond acceptors (Lipinski definition) is 3. The van der Waals surface area contributed by atoms with Gasteiger partial charge in [-0.05, 0) is 31.2 Å². The van der Waals surface area contributed by atoms with Crippen LogP contribution in [0.4, 0.5) is 0 Å². The largest absolute Gasteiger partial charge is 0.386 e. The summed E-state index contributed by atoms with van der Waals surface area (Å²) in [6, 6.07) is 7.75. The highest BCUT2D eigenvalue weighted by Crippen LogP contribution is 2.26. The van der Waals surface area contributed by atoms with E-state index in [-0.39, 0.29) is 24.0 Å². The molecule has 1 unspecified atom stereocenters. The highest BCUT2D eigenvalue weighted by atomic mass is 127. The van der Waals surface area contributed by atoms with Crippen molar-refractivity contribution in [1.82, 2.24) is 14.8 Å². The number of guanidine groups is 1. The van der Waals surface area contributed by atoms with Gasteiger partial charge in [-0.15, -0.1) is 35.3 Å². The molecule has 2 rings (SSSR count). The number of rotatable bonds is 6. The molecule has 2 N–H and O–H groups in total. The van der Waals surface area contributed by atoms with Gasteiger partial charge in [-0.2, -0.15) is 0 Å². The molecule has 134 valence electrons. The number of thiophene rings is 1. The summed E-state index contributed by atoms with van der Waals surface area (Å²) in [7, 11) is 4.01. The molecular formula is C16H24ClIN4OS. The van der Waals surface area contributed by atoms with E-state index in [1.807, 2.05) is 44.2 Å². The van der Waals surface area contributed by atoms with Crippen LogP contribution in [0.25, 0.3) is 0 Å². The smallest absolute Gasteiger partial charge is 0.194 e. The summed E-state index contributed by atoms with van der Waals surface area (Å²) in [6.07, 6.45) is 1.39. The van der Waals surface area contributed by atoms with Crippen LogP contribution >= 0.6 is 46.9 Å². The summed E-state index contributed by atoms with van der Waals surface area (Å²) in [5.74, 6) is 0.774.